The van der Waals surface area contributed by atoms with Crippen molar-refractivity contribution >= 4 is 29.0 Å². The fourth-order valence-electron chi connectivity index (χ4n) is 1.55. The van der Waals surface area contributed by atoms with Gasteiger partial charge in [0, 0.05) is 22.9 Å². The predicted octanol–water partition coefficient (Wildman–Crippen LogP) is 4.54. The molecule has 0 amide bonds. The van der Waals surface area contributed by atoms with Gasteiger partial charge in [-0.1, -0.05) is 44.0 Å². The van der Waals surface area contributed by atoms with Gasteiger partial charge in [0.05, 0.1) is 0 Å². The van der Waals surface area contributed by atoms with Gasteiger partial charge in [-0.2, -0.15) is 0 Å². The zero-order valence-electron chi connectivity index (χ0n) is 9.81. The molecule has 0 bridgehead atoms. The summed E-state index contributed by atoms with van der Waals surface area (Å²) in [5, 5.41) is 1.22. The molecule has 0 saturated heterocycles. The summed E-state index contributed by atoms with van der Waals surface area (Å²) in [6.07, 6.45) is 0.909. The van der Waals surface area contributed by atoms with Crippen molar-refractivity contribution in [2.75, 3.05) is 0 Å². The highest BCUT2D eigenvalue weighted by atomic mass is 35.5. The van der Waals surface area contributed by atoms with E-state index in [2.05, 4.69) is 0 Å². The summed E-state index contributed by atoms with van der Waals surface area (Å²) in [5.74, 6) is 0.191. The van der Waals surface area contributed by atoms with E-state index >= 15 is 0 Å². The maximum absolute atomic E-state index is 11.8. The highest BCUT2D eigenvalue weighted by Gasteiger charge is 2.17. The van der Waals surface area contributed by atoms with Gasteiger partial charge in [0.2, 0.25) is 0 Å². The molecule has 0 aliphatic carbocycles. The van der Waals surface area contributed by atoms with E-state index < -0.39 is 0 Å². The minimum Gasteiger partial charge on any atom is -0.299 e. The molecule has 0 aliphatic rings. The Morgan fingerprint density at radius 3 is 2.44 bits per heavy atom. The van der Waals surface area contributed by atoms with Gasteiger partial charge in [0.1, 0.15) is 5.78 Å². The SMILES string of the molecule is CC(C)(C)CC(=O)Cc1cc(Cl)ccc1Cl. The number of benzene rings is 1. The molecular weight excluding hydrogens is 243 g/mol. The van der Waals surface area contributed by atoms with E-state index in [1.807, 2.05) is 20.8 Å². The van der Waals surface area contributed by atoms with Crippen LogP contribution in [0.1, 0.15) is 32.8 Å². The molecule has 1 nitrogen and oxygen atoms in total. The first kappa shape index (κ1) is 13.5. The number of hydrogen-bond donors (Lipinski definition) is 0. The minimum atomic E-state index is 0.0160. The van der Waals surface area contributed by atoms with Crippen molar-refractivity contribution in [3.05, 3.63) is 33.8 Å². The van der Waals surface area contributed by atoms with Crippen molar-refractivity contribution in [3.8, 4) is 0 Å². The Labute approximate surface area is 107 Å². The lowest BCUT2D eigenvalue weighted by atomic mass is 9.88. The lowest BCUT2D eigenvalue weighted by Crippen LogP contribution is -2.14. The van der Waals surface area contributed by atoms with Gasteiger partial charge < -0.3 is 0 Å². The summed E-state index contributed by atoms with van der Waals surface area (Å²) < 4.78 is 0. The normalized spacial score (nSPS) is 11.6. The highest BCUT2D eigenvalue weighted by molar-refractivity contribution is 6.33. The highest BCUT2D eigenvalue weighted by Crippen LogP contribution is 2.24. The van der Waals surface area contributed by atoms with Gasteiger partial charge >= 0.3 is 0 Å². The Balaban J connectivity index is 2.73. The predicted molar refractivity (Wildman–Crippen MR) is 69.2 cm³/mol. The maximum Gasteiger partial charge on any atom is 0.137 e. The van der Waals surface area contributed by atoms with Gasteiger partial charge in [-0.05, 0) is 29.2 Å². The third-order valence-corrected chi connectivity index (χ3v) is 2.73. The van der Waals surface area contributed by atoms with Gasteiger partial charge in [-0.3, -0.25) is 4.79 Å². The summed E-state index contributed by atoms with van der Waals surface area (Å²) >= 11 is 11.9. The Bertz CT molecular complexity index is 391. The number of carbonyl (C=O) groups is 1. The molecule has 0 saturated carbocycles. The molecule has 16 heavy (non-hydrogen) atoms. The summed E-state index contributed by atoms with van der Waals surface area (Å²) in [6, 6.07) is 5.20. The lowest BCUT2D eigenvalue weighted by molar-refractivity contribution is -0.120. The van der Waals surface area contributed by atoms with Crippen LogP contribution in [0.15, 0.2) is 18.2 Å². The molecule has 88 valence electrons. The van der Waals surface area contributed by atoms with Crippen LogP contribution >= 0.6 is 23.2 Å². The number of ketones is 1. The molecule has 1 aromatic carbocycles. The van der Waals surface area contributed by atoms with Crippen LogP contribution in [0, 0.1) is 5.41 Å². The molecule has 0 unspecified atom stereocenters. The summed E-state index contributed by atoms with van der Waals surface area (Å²) in [4.78, 5) is 11.8. The standard InChI is InChI=1S/C13H16Cl2O/c1-13(2,3)8-11(16)7-9-6-10(14)4-5-12(9)15/h4-6H,7-8H2,1-3H3. The molecule has 3 heteroatoms. The van der Waals surface area contributed by atoms with Crippen LogP contribution in [-0.4, -0.2) is 5.78 Å². The topological polar surface area (TPSA) is 17.1 Å². The van der Waals surface area contributed by atoms with Crippen LogP contribution in [0.2, 0.25) is 10.0 Å². The van der Waals surface area contributed by atoms with E-state index in [1.165, 1.54) is 0 Å². The van der Waals surface area contributed by atoms with Crippen molar-refractivity contribution in [3.63, 3.8) is 0 Å². The van der Waals surface area contributed by atoms with E-state index in [-0.39, 0.29) is 11.2 Å². The van der Waals surface area contributed by atoms with Gasteiger partial charge in [0.15, 0.2) is 0 Å². The molecule has 0 fully saturated rings. The van der Waals surface area contributed by atoms with Crippen LogP contribution < -0.4 is 0 Å². The molecule has 1 aromatic rings. The Kier molecular flexibility index (Phi) is 4.40. The number of rotatable bonds is 3. The lowest BCUT2D eigenvalue weighted by Gasteiger charge is -2.16. The maximum atomic E-state index is 11.8. The second-order valence-corrected chi connectivity index (χ2v) is 6.03. The van der Waals surface area contributed by atoms with Crippen LogP contribution in [0.3, 0.4) is 0 Å². The van der Waals surface area contributed by atoms with Crippen LogP contribution in [0.25, 0.3) is 0 Å². The quantitative estimate of drug-likeness (QED) is 0.778. The Morgan fingerprint density at radius 2 is 1.88 bits per heavy atom. The Morgan fingerprint density at radius 1 is 1.25 bits per heavy atom. The molecule has 0 aromatic heterocycles. The molecule has 0 atom stereocenters. The number of carbonyl (C=O) groups excluding carboxylic acids is 1. The van der Waals surface area contributed by atoms with Crippen LogP contribution in [0.4, 0.5) is 0 Å². The van der Waals surface area contributed by atoms with Gasteiger partial charge in [-0.15, -0.1) is 0 Å². The third-order valence-electron chi connectivity index (χ3n) is 2.12. The molecule has 0 heterocycles. The van der Waals surface area contributed by atoms with Crippen LogP contribution in [-0.2, 0) is 11.2 Å². The van der Waals surface area contributed by atoms with E-state index in [0.29, 0.717) is 22.9 Å². The Hall–Kier alpha value is -0.530. The zero-order chi connectivity index (χ0) is 12.3. The van der Waals surface area contributed by atoms with Crippen molar-refractivity contribution in [2.45, 2.75) is 33.6 Å². The van der Waals surface area contributed by atoms with Crippen LogP contribution in [0.5, 0.6) is 0 Å². The second kappa shape index (κ2) is 5.20. The van der Waals surface area contributed by atoms with E-state index in [4.69, 9.17) is 23.2 Å². The first-order valence-electron chi connectivity index (χ1n) is 5.23. The molecule has 0 aliphatic heterocycles. The first-order chi connectivity index (χ1) is 7.28. The van der Waals surface area contributed by atoms with Gasteiger partial charge in [-0.25, -0.2) is 0 Å². The van der Waals surface area contributed by atoms with Crippen molar-refractivity contribution < 1.29 is 4.79 Å². The summed E-state index contributed by atoms with van der Waals surface area (Å²) in [6.45, 7) is 6.14. The fraction of sp³-hybridized carbons (Fsp3) is 0.462. The largest absolute Gasteiger partial charge is 0.299 e. The van der Waals surface area contributed by atoms with E-state index in [0.717, 1.165) is 5.56 Å². The van der Waals surface area contributed by atoms with Crippen molar-refractivity contribution in [1.82, 2.24) is 0 Å². The summed E-state index contributed by atoms with van der Waals surface area (Å²) in [7, 11) is 0. The molecule has 0 radical (unpaired) electrons. The average molecular weight is 259 g/mol. The second-order valence-electron chi connectivity index (χ2n) is 5.19. The zero-order valence-corrected chi connectivity index (χ0v) is 11.3. The smallest absolute Gasteiger partial charge is 0.137 e. The molecule has 1 rings (SSSR count). The molecule has 0 spiro atoms. The fourth-order valence-corrected chi connectivity index (χ4v) is 1.92. The first-order valence-corrected chi connectivity index (χ1v) is 5.99. The van der Waals surface area contributed by atoms with Crippen molar-refractivity contribution in [1.29, 1.82) is 0 Å². The monoisotopic (exact) mass is 258 g/mol. The van der Waals surface area contributed by atoms with E-state index in [1.54, 1.807) is 18.2 Å². The minimum absolute atomic E-state index is 0.0160. The molecule has 0 N–H and O–H groups in total. The van der Waals surface area contributed by atoms with E-state index in [9.17, 15) is 4.79 Å². The third kappa shape index (κ3) is 4.54. The number of hydrogen-bond acceptors (Lipinski definition) is 1. The van der Waals surface area contributed by atoms with Crippen molar-refractivity contribution in [2.24, 2.45) is 5.41 Å². The average Bonchev–Trinajstić information content (AvgIpc) is 2.08. The number of halogens is 2. The van der Waals surface area contributed by atoms with Gasteiger partial charge in [0.25, 0.3) is 0 Å². The summed E-state index contributed by atoms with van der Waals surface area (Å²) in [5.41, 5.74) is 0.825. The molecular formula is C13H16Cl2O. The number of Topliss-reactive ketones (excluding diaryl/α,β-unsaturated/α-hetero) is 1.